The van der Waals surface area contributed by atoms with Crippen LogP contribution in [0.1, 0.15) is 59.5 Å². The Balaban J connectivity index is 1.30. The van der Waals surface area contributed by atoms with Crippen LogP contribution in [-0.4, -0.2) is 120 Å². The van der Waals surface area contributed by atoms with Gasteiger partial charge < -0.3 is 14.4 Å². The van der Waals surface area contributed by atoms with Crippen LogP contribution in [-0.2, 0) is 16.4 Å². The number of aromatic nitrogens is 1. The number of carbonyl (C=O) groups excluding carboxylic acids is 2. The lowest BCUT2D eigenvalue weighted by atomic mass is 10.1. The second-order valence-corrected chi connectivity index (χ2v) is 14.7. The molecule has 2 amide bonds. The molecular formula is C33H41F3N6O4S. The Morgan fingerprint density at radius 3 is 1.98 bits per heavy atom. The van der Waals surface area contributed by atoms with E-state index >= 15 is 0 Å². The number of benzene rings is 2. The van der Waals surface area contributed by atoms with Gasteiger partial charge in [-0.15, -0.1) is 0 Å². The molecule has 3 aromatic rings. The summed E-state index contributed by atoms with van der Waals surface area (Å²) < 4.78 is 72.1. The normalized spacial score (nSPS) is 19.5. The summed E-state index contributed by atoms with van der Waals surface area (Å²) >= 11 is 0. The molecule has 0 unspecified atom stereocenters. The number of halogens is 3. The largest absolute Gasteiger partial charge is 0.416 e. The molecule has 3 aliphatic heterocycles. The number of piperidine rings is 1. The number of rotatable bonds is 6. The van der Waals surface area contributed by atoms with Crippen molar-refractivity contribution < 1.29 is 31.2 Å². The van der Waals surface area contributed by atoms with Crippen LogP contribution < -0.4 is 0 Å². The first kappa shape index (κ1) is 33.4. The molecule has 0 spiro atoms. The van der Waals surface area contributed by atoms with Gasteiger partial charge in [-0.1, -0.05) is 12.5 Å². The standard InChI is InChI=1S/C33H41F3N6O4S/c1-24(2)37-13-15-38(16-14-37)31(43)25-9-10-29-26(21-25)22-30(42(29)28-8-6-7-27(23-28)33(34,35)36)32(44)39-17-19-41(20-18-39)47(45,46)40-11-4-3-5-12-40/h6-10,21-24H,3-5,11-20H2,1-2H3. The third kappa shape index (κ3) is 6.78. The predicted molar refractivity (Wildman–Crippen MR) is 173 cm³/mol. The second-order valence-electron chi connectivity index (χ2n) is 12.8. The maximum atomic E-state index is 14.1. The number of alkyl halides is 3. The third-order valence-corrected chi connectivity index (χ3v) is 11.6. The fourth-order valence-corrected chi connectivity index (χ4v) is 8.44. The van der Waals surface area contributed by atoms with Gasteiger partial charge in [-0.2, -0.15) is 30.2 Å². The van der Waals surface area contributed by atoms with E-state index in [2.05, 4.69) is 18.7 Å². The Kier molecular flexibility index (Phi) is 9.40. The predicted octanol–water partition coefficient (Wildman–Crippen LogP) is 4.30. The van der Waals surface area contributed by atoms with Crippen LogP contribution in [0.2, 0.25) is 0 Å². The second kappa shape index (κ2) is 13.2. The lowest BCUT2D eigenvalue weighted by molar-refractivity contribution is -0.137. The molecule has 3 saturated heterocycles. The van der Waals surface area contributed by atoms with Gasteiger partial charge in [0.1, 0.15) is 5.69 Å². The molecule has 0 atom stereocenters. The highest BCUT2D eigenvalue weighted by Crippen LogP contribution is 2.33. The van der Waals surface area contributed by atoms with Gasteiger partial charge in [-0.25, -0.2) is 0 Å². The maximum absolute atomic E-state index is 14.1. The fourth-order valence-electron chi connectivity index (χ4n) is 6.77. The molecule has 0 saturated carbocycles. The van der Waals surface area contributed by atoms with Crippen molar-refractivity contribution in [2.75, 3.05) is 65.4 Å². The minimum absolute atomic E-state index is 0.122. The van der Waals surface area contributed by atoms with Crippen molar-refractivity contribution in [3.63, 3.8) is 0 Å². The Morgan fingerprint density at radius 1 is 0.723 bits per heavy atom. The molecule has 3 fully saturated rings. The molecule has 4 heterocycles. The number of amides is 2. The van der Waals surface area contributed by atoms with Crippen molar-refractivity contribution in [1.82, 2.24) is 27.9 Å². The Bertz CT molecular complexity index is 1740. The first-order valence-corrected chi connectivity index (χ1v) is 17.7. The molecule has 0 bridgehead atoms. The molecule has 6 rings (SSSR count). The van der Waals surface area contributed by atoms with Crippen molar-refractivity contribution in [3.8, 4) is 5.69 Å². The highest BCUT2D eigenvalue weighted by molar-refractivity contribution is 7.86. The topological polar surface area (TPSA) is 89.4 Å². The summed E-state index contributed by atoms with van der Waals surface area (Å²) in [5.41, 5.74) is 0.377. The average molecular weight is 675 g/mol. The summed E-state index contributed by atoms with van der Waals surface area (Å²) in [5, 5.41) is 0.545. The van der Waals surface area contributed by atoms with Crippen LogP contribution >= 0.6 is 0 Å². The van der Waals surface area contributed by atoms with Gasteiger partial charge in [0.2, 0.25) is 0 Å². The zero-order valence-electron chi connectivity index (χ0n) is 26.7. The third-order valence-electron chi connectivity index (χ3n) is 9.52. The van der Waals surface area contributed by atoms with Crippen LogP contribution in [0.25, 0.3) is 16.6 Å². The van der Waals surface area contributed by atoms with Gasteiger partial charge in [0.15, 0.2) is 0 Å². The van der Waals surface area contributed by atoms with Gasteiger partial charge in [0.25, 0.3) is 22.0 Å². The Labute approximate surface area is 273 Å². The van der Waals surface area contributed by atoms with Crippen LogP contribution in [0.15, 0.2) is 48.5 Å². The van der Waals surface area contributed by atoms with Crippen LogP contribution in [0.3, 0.4) is 0 Å². The highest BCUT2D eigenvalue weighted by atomic mass is 32.2. The van der Waals surface area contributed by atoms with Crippen molar-refractivity contribution >= 4 is 32.9 Å². The van der Waals surface area contributed by atoms with Crippen LogP contribution in [0, 0.1) is 0 Å². The van der Waals surface area contributed by atoms with E-state index in [-0.39, 0.29) is 43.5 Å². The van der Waals surface area contributed by atoms with Crippen molar-refractivity contribution in [2.24, 2.45) is 0 Å². The first-order chi connectivity index (χ1) is 22.3. The van der Waals surface area contributed by atoms with Gasteiger partial charge >= 0.3 is 6.18 Å². The van der Waals surface area contributed by atoms with Gasteiger partial charge in [-0.05, 0) is 69.2 Å². The minimum Gasteiger partial charge on any atom is -0.336 e. The maximum Gasteiger partial charge on any atom is 0.416 e. The molecule has 254 valence electrons. The first-order valence-electron chi connectivity index (χ1n) is 16.3. The molecule has 0 N–H and O–H groups in total. The summed E-state index contributed by atoms with van der Waals surface area (Å²) in [5.74, 6) is -0.563. The van der Waals surface area contributed by atoms with E-state index in [1.54, 1.807) is 34.1 Å². The van der Waals surface area contributed by atoms with E-state index in [1.165, 1.54) is 25.3 Å². The quantitative estimate of drug-likeness (QED) is 0.389. The number of hydrogen-bond donors (Lipinski definition) is 0. The Hall–Kier alpha value is -3.46. The number of nitrogens with zero attached hydrogens (tertiary/aromatic N) is 6. The van der Waals surface area contributed by atoms with E-state index in [1.807, 2.05) is 0 Å². The summed E-state index contributed by atoms with van der Waals surface area (Å²) in [7, 11) is -3.64. The molecule has 0 aliphatic carbocycles. The molecule has 1 aromatic heterocycles. The number of piperazine rings is 2. The molecular weight excluding hydrogens is 633 g/mol. The number of carbonyl (C=O) groups is 2. The van der Waals surface area contributed by atoms with Gasteiger partial charge in [0.05, 0.1) is 11.1 Å². The summed E-state index contributed by atoms with van der Waals surface area (Å²) in [6, 6.07) is 11.8. The zero-order valence-corrected chi connectivity index (χ0v) is 27.6. The monoisotopic (exact) mass is 674 g/mol. The average Bonchev–Trinajstić information content (AvgIpc) is 3.46. The van der Waals surface area contributed by atoms with E-state index in [0.29, 0.717) is 48.7 Å². The lowest BCUT2D eigenvalue weighted by Crippen LogP contribution is -2.55. The van der Waals surface area contributed by atoms with E-state index in [0.717, 1.165) is 44.5 Å². The van der Waals surface area contributed by atoms with Crippen LogP contribution in [0.5, 0.6) is 0 Å². The van der Waals surface area contributed by atoms with Crippen molar-refractivity contribution in [2.45, 2.75) is 45.3 Å². The van der Waals surface area contributed by atoms with Crippen molar-refractivity contribution in [3.05, 3.63) is 65.4 Å². The minimum atomic E-state index is -4.58. The van der Waals surface area contributed by atoms with E-state index < -0.39 is 27.9 Å². The molecule has 0 radical (unpaired) electrons. The van der Waals surface area contributed by atoms with E-state index in [9.17, 15) is 31.2 Å². The summed E-state index contributed by atoms with van der Waals surface area (Å²) in [4.78, 5) is 33.2. The van der Waals surface area contributed by atoms with Crippen LogP contribution in [0.4, 0.5) is 13.2 Å². The number of fused-ring (bicyclic) bond motifs is 1. The SMILES string of the molecule is CC(C)N1CCN(C(=O)c2ccc3c(c2)cc(C(=O)N2CCN(S(=O)(=O)N4CCCCC4)CC2)n3-c2cccc(C(F)(F)F)c2)CC1. The van der Waals surface area contributed by atoms with Crippen molar-refractivity contribution in [1.29, 1.82) is 0 Å². The van der Waals surface area contributed by atoms with E-state index in [4.69, 9.17) is 0 Å². The smallest absolute Gasteiger partial charge is 0.336 e. The summed E-state index contributed by atoms with van der Waals surface area (Å²) in [6.07, 6.45) is -1.95. The van der Waals surface area contributed by atoms with Gasteiger partial charge in [-0.3, -0.25) is 14.5 Å². The molecule has 10 nitrogen and oxygen atoms in total. The molecule has 47 heavy (non-hydrogen) atoms. The fraction of sp³-hybridized carbons (Fsp3) is 0.515. The number of hydrogen-bond acceptors (Lipinski definition) is 5. The zero-order chi connectivity index (χ0) is 33.5. The van der Waals surface area contributed by atoms with Gasteiger partial charge in [0, 0.05) is 88.1 Å². The molecule has 3 aliphatic rings. The lowest BCUT2D eigenvalue weighted by Gasteiger charge is -2.37. The molecule has 2 aromatic carbocycles. The molecule has 14 heteroatoms. The highest BCUT2D eigenvalue weighted by Gasteiger charge is 2.36. The summed E-state index contributed by atoms with van der Waals surface area (Å²) in [6.45, 7) is 8.44. The Morgan fingerprint density at radius 2 is 1.34 bits per heavy atom.